The zero-order valence-corrected chi connectivity index (χ0v) is 23.9. The van der Waals surface area contributed by atoms with Gasteiger partial charge in [-0.2, -0.15) is 0 Å². The number of aldehydes is 2. The second kappa shape index (κ2) is 17.2. The number of hydrogen-bond donors (Lipinski definition) is 0. The Bertz CT molecular complexity index is 691. The summed E-state index contributed by atoms with van der Waals surface area (Å²) in [5.41, 5.74) is 2.16. The Balaban J connectivity index is 1.87. The van der Waals surface area contributed by atoms with Gasteiger partial charge in [0.15, 0.2) is 20.9 Å². The highest BCUT2D eigenvalue weighted by Crippen LogP contribution is 2.36. The Morgan fingerprint density at radius 2 is 1.12 bits per heavy atom. The zero-order chi connectivity index (χ0) is 25.3. The van der Waals surface area contributed by atoms with Crippen LogP contribution in [-0.2, 0) is 10.8 Å². The minimum Gasteiger partial charge on any atom is -0.417 e. The van der Waals surface area contributed by atoms with Crippen LogP contribution in [0.1, 0.15) is 137 Å². The molecular formula is C30H52O3Si. The summed E-state index contributed by atoms with van der Waals surface area (Å²) in [6.07, 6.45) is 21.1. The molecule has 0 saturated heterocycles. The van der Waals surface area contributed by atoms with Crippen LogP contribution >= 0.6 is 0 Å². The summed E-state index contributed by atoms with van der Waals surface area (Å²) in [6, 6.07) is 5.60. The molecule has 0 heterocycles. The average molecular weight is 489 g/mol. The summed E-state index contributed by atoms with van der Waals surface area (Å²) in [4.78, 5) is 22.0. The van der Waals surface area contributed by atoms with E-state index in [0.717, 1.165) is 37.6 Å². The first-order chi connectivity index (χ1) is 16.2. The van der Waals surface area contributed by atoms with Crippen LogP contribution in [0.4, 0.5) is 0 Å². The van der Waals surface area contributed by atoms with E-state index in [1.807, 2.05) is 12.1 Å². The number of aryl methyl sites for hydroxylation is 1. The fourth-order valence-electron chi connectivity index (χ4n) is 4.09. The van der Waals surface area contributed by atoms with Gasteiger partial charge in [0.25, 0.3) is 0 Å². The molecule has 0 atom stereocenters. The van der Waals surface area contributed by atoms with Crippen LogP contribution in [0.25, 0.3) is 0 Å². The summed E-state index contributed by atoms with van der Waals surface area (Å²) >= 11 is 0. The number of benzene rings is 1. The topological polar surface area (TPSA) is 43.4 Å². The highest BCUT2D eigenvalue weighted by molar-refractivity contribution is 6.74. The van der Waals surface area contributed by atoms with Crippen LogP contribution in [0.15, 0.2) is 18.2 Å². The van der Waals surface area contributed by atoms with E-state index in [0.29, 0.717) is 16.2 Å². The van der Waals surface area contributed by atoms with E-state index in [2.05, 4.69) is 33.9 Å². The first-order valence-electron chi connectivity index (χ1n) is 13.9. The molecule has 0 radical (unpaired) electrons. The van der Waals surface area contributed by atoms with E-state index in [1.54, 1.807) is 6.07 Å². The predicted molar refractivity (Wildman–Crippen MR) is 149 cm³/mol. The third-order valence-electron chi connectivity index (χ3n) is 7.53. The molecule has 0 amide bonds. The number of hydrogen-bond acceptors (Lipinski definition) is 3. The maximum atomic E-state index is 11.1. The Morgan fingerprint density at radius 3 is 1.56 bits per heavy atom. The molecule has 0 unspecified atom stereocenters. The van der Waals surface area contributed by atoms with Crippen molar-refractivity contribution in [1.82, 2.24) is 0 Å². The van der Waals surface area contributed by atoms with Gasteiger partial charge in [-0.1, -0.05) is 110 Å². The van der Waals surface area contributed by atoms with Crippen molar-refractivity contribution in [2.75, 3.05) is 6.61 Å². The molecule has 0 bridgehead atoms. The third kappa shape index (κ3) is 13.0. The van der Waals surface area contributed by atoms with Crippen molar-refractivity contribution >= 4 is 20.9 Å². The number of unbranched alkanes of at least 4 members (excludes halogenated alkanes) is 13. The van der Waals surface area contributed by atoms with Gasteiger partial charge in [0.2, 0.25) is 0 Å². The summed E-state index contributed by atoms with van der Waals surface area (Å²) in [5, 5.41) is 0.322. The van der Waals surface area contributed by atoms with E-state index in [9.17, 15) is 9.59 Å². The lowest BCUT2D eigenvalue weighted by molar-refractivity contribution is 0.109. The van der Waals surface area contributed by atoms with Gasteiger partial charge < -0.3 is 4.43 Å². The monoisotopic (exact) mass is 488 g/mol. The number of rotatable bonds is 20. The molecule has 0 aromatic heterocycles. The maximum Gasteiger partial charge on any atom is 0.191 e. The van der Waals surface area contributed by atoms with Crippen LogP contribution in [0, 0.1) is 0 Å². The molecule has 3 nitrogen and oxygen atoms in total. The maximum absolute atomic E-state index is 11.1. The zero-order valence-electron chi connectivity index (χ0n) is 22.9. The molecule has 0 aliphatic rings. The fourth-order valence-corrected chi connectivity index (χ4v) is 5.17. The highest BCUT2D eigenvalue weighted by Gasteiger charge is 2.36. The summed E-state index contributed by atoms with van der Waals surface area (Å²) in [7, 11) is -1.55. The van der Waals surface area contributed by atoms with Crippen molar-refractivity contribution in [1.29, 1.82) is 0 Å². The molecule has 0 saturated carbocycles. The first-order valence-corrected chi connectivity index (χ1v) is 16.8. The summed E-state index contributed by atoms with van der Waals surface area (Å²) < 4.78 is 6.26. The SMILES string of the molecule is CC(C)(C)[Si](C)(C)OCCCCCCCCCCCCCCCCc1ccc(C=O)c(C=O)c1. The van der Waals surface area contributed by atoms with E-state index >= 15 is 0 Å². The van der Waals surface area contributed by atoms with Crippen LogP contribution in [0.5, 0.6) is 0 Å². The van der Waals surface area contributed by atoms with Crippen molar-refractivity contribution in [2.24, 2.45) is 0 Å². The molecule has 1 rings (SSSR count). The highest BCUT2D eigenvalue weighted by atomic mass is 28.4. The van der Waals surface area contributed by atoms with E-state index in [4.69, 9.17) is 4.43 Å². The molecular weight excluding hydrogens is 436 g/mol. The molecule has 4 heteroatoms. The summed E-state index contributed by atoms with van der Waals surface area (Å²) in [5.74, 6) is 0. The largest absolute Gasteiger partial charge is 0.417 e. The summed E-state index contributed by atoms with van der Waals surface area (Å²) in [6.45, 7) is 12.6. The second-order valence-electron chi connectivity index (χ2n) is 11.5. The number of carbonyl (C=O) groups is 2. The quantitative estimate of drug-likeness (QED) is 0.104. The third-order valence-corrected chi connectivity index (χ3v) is 12.1. The van der Waals surface area contributed by atoms with Crippen molar-refractivity contribution in [3.05, 3.63) is 34.9 Å². The number of carbonyl (C=O) groups excluding carboxylic acids is 2. The smallest absolute Gasteiger partial charge is 0.191 e. The lowest BCUT2D eigenvalue weighted by Crippen LogP contribution is -2.40. The molecule has 0 N–H and O–H groups in total. The lowest BCUT2D eigenvalue weighted by Gasteiger charge is -2.36. The van der Waals surface area contributed by atoms with Gasteiger partial charge in [-0.05, 0) is 49.0 Å². The molecule has 34 heavy (non-hydrogen) atoms. The van der Waals surface area contributed by atoms with Gasteiger partial charge in [-0.3, -0.25) is 9.59 Å². The van der Waals surface area contributed by atoms with Gasteiger partial charge in [-0.25, -0.2) is 0 Å². The van der Waals surface area contributed by atoms with Crippen LogP contribution < -0.4 is 0 Å². The second-order valence-corrected chi connectivity index (χ2v) is 16.3. The standard InChI is InChI=1S/C30H52O3Si/c1-30(2,3)34(4,5)33-23-19-17-15-13-11-9-7-6-8-10-12-14-16-18-20-27-21-22-28(25-31)29(24-27)26-32/h21-22,24-26H,6-20,23H2,1-5H3. The van der Waals surface area contributed by atoms with Gasteiger partial charge >= 0.3 is 0 Å². The Kier molecular flexibility index (Phi) is 15.6. The van der Waals surface area contributed by atoms with Crippen molar-refractivity contribution in [3.8, 4) is 0 Å². The molecule has 0 spiro atoms. The lowest BCUT2D eigenvalue weighted by atomic mass is 10.0. The molecule has 194 valence electrons. The molecule has 1 aromatic rings. The Hall–Kier alpha value is -1.26. The first kappa shape index (κ1) is 30.8. The van der Waals surface area contributed by atoms with Crippen molar-refractivity contribution in [3.63, 3.8) is 0 Å². The Labute approximate surface area is 211 Å². The fraction of sp³-hybridized carbons (Fsp3) is 0.733. The van der Waals surface area contributed by atoms with Gasteiger partial charge in [0.1, 0.15) is 0 Å². The van der Waals surface area contributed by atoms with Gasteiger partial charge in [0.05, 0.1) is 0 Å². The van der Waals surface area contributed by atoms with E-state index in [-0.39, 0.29) is 0 Å². The molecule has 1 aromatic carbocycles. The minimum absolute atomic E-state index is 0.322. The van der Waals surface area contributed by atoms with Crippen LogP contribution in [0.2, 0.25) is 18.1 Å². The normalized spacial score (nSPS) is 12.1. The van der Waals surface area contributed by atoms with Crippen molar-refractivity contribution < 1.29 is 14.0 Å². The molecule has 0 aliphatic carbocycles. The minimum atomic E-state index is -1.55. The molecule has 0 fully saturated rings. The van der Waals surface area contributed by atoms with Gasteiger partial charge in [-0.15, -0.1) is 0 Å². The predicted octanol–water partition coefficient (Wildman–Crippen LogP) is 9.34. The van der Waals surface area contributed by atoms with Crippen LogP contribution in [-0.4, -0.2) is 27.5 Å². The Morgan fingerprint density at radius 1 is 0.676 bits per heavy atom. The van der Waals surface area contributed by atoms with Crippen LogP contribution in [0.3, 0.4) is 0 Å². The van der Waals surface area contributed by atoms with Crippen molar-refractivity contribution in [2.45, 2.75) is 135 Å². The van der Waals surface area contributed by atoms with E-state index < -0.39 is 8.32 Å². The average Bonchev–Trinajstić information content (AvgIpc) is 2.80. The van der Waals surface area contributed by atoms with E-state index in [1.165, 1.54) is 83.5 Å². The molecule has 0 aliphatic heterocycles. The van der Waals surface area contributed by atoms with Gasteiger partial charge in [0, 0.05) is 17.7 Å².